The first kappa shape index (κ1) is 9.67. The normalized spacial score (nSPS) is 26.3. The van der Waals surface area contributed by atoms with Crippen LogP contribution in [0.1, 0.15) is 12.8 Å². The van der Waals surface area contributed by atoms with Crippen molar-refractivity contribution in [3.63, 3.8) is 0 Å². The molecular weight excluding hydrogens is 195 g/mol. The maximum absolute atomic E-state index is 11.0. The average molecular weight is 208 g/mol. The number of carbonyl (C=O) groups is 1. The van der Waals surface area contributed by atoms with Gasteiger partial charge in [0.15, 0.2) is 0 Å². The first-order chi connectivity index (χ1) is 6.79. The number of aliphatic carboxylic acids is 1. The quantitative estimate of drug-likeness (QED) is 0.755. The zero-order valence-electron chi connectivity index (χ0n) is 7.89. The van der Waals surface area contributed by atoms with Crippen LogP contribution < -0.4 is 5.30 Å². The summed E-state index contributed by atoms with van der Waals surface area (Å²) in [6.07, 6.45) is 3.00. The van der Waals surface area contributed by atoms with Gasteiger partial charge in [-0.25, -0.2) is 0 Å². The van der Waals surface area contributed by atoms with Crippen LogP contribution in [0.25, 0.3) is 0 Å². The van der Waals surface area contributed by atoms with E-state index in [-0.39, 0.29) is 5.66 Å². The molecule has 0 bridgehead atoms. The van der Waals surface area contributed by atoms with Gasteiger partial charge in [-0.15, -0.1) is 0 Å². The van der Waals surface area contributed by atoms with Gasteiger partial charge < -0.3 is 5.11 Å². The average Bonchev–Trinajstić information content (AvgIpc) is 2.67. The summed E-state index contributed by atoms with van der Waals surface area (Å²) in [6, 6.07) is 10.1. The highest BCUT2D eigenvalue weighted by Crippen LogP contribution is 2.48. The highest BCUT2D eigenvalue weighted by Gasteiger charge is 2.33. The van der Waals surface area contributed by atoms with E-state index in [1.54, 1.807) is 0 Å². The van der Waals surface area contributed by atoms with Gasteiger partial charge in [0, 0.05) is 0 Å². The summed E-state index contributed by atoms with van der Waals surface area (Å²) in [7, 11) is -0.443. The lowest BCUT2D eigenvalue weighted by Gasteiger charge is -2.16. The van der Waals surface area contributed by atoms with Crippen LogP contribution in [0.15, 0.2) is 30.3 Å². The summed E-state index contributed by atoms with van der Waals surface area (Å²) in [5.41, 5.74) is -0.104. The van der Waals surface area contributed by atoms with E-state index in [2.05, 4.69) is 12.1 Å². The van der Waals surface area contributed by atoms with Gasteiger partial charge in [0.1, 0.15) is 0 Å². The Morgan fingerprint density at radius 1 is 1.36 bits per heavy atom. The summed E-state index contributed by atoms with van der Waals surface area (Å²) < 4.78 is 0. The molecule has 1 aliphatic rings. The monoisotopic (exact) mass is 208 g/mol. The Morgan fingerprint density at radius 2 is 2.07 bits per heavy atom. The number of carboxylic acid groups (broad SMARTS) is 1. The number of benzene rings is 1. The van der Waals surface area contributed by atoms with Gasteiger partial charge >= 0.3 is 5.97 Å². The molecule has 1 fully saturated rings. The Balaban J connectivity index is 2.22. The Bertz CT molecular complexity index is 323. The van der Waals surface area contributed by atoms with Gasteiger partial charge in [-0.3, -0.25) is 4.79 Å². The fourth-order valence-electron chi connectivity index (χ4n) is 1.95. The smallest absolute Gasteiger partial charge is 0.311 e. The third kappa shape index (κ3) is 1.80. The lowest BCUT2D eigenvalue weighted by Crippen LogP contribution is -2.19. The molecule has 2 atom stereocenters. The van der Waals surface area contributed by atoms with Crippen LogP contribution in [-0.2, 0) is 4.79 Å². The van der Waals surface area contributed by atoms with E-state index in [0.717, 1.165) is 19.0 Å². The van der Waals surface area contributed by atoms with Crippen molar-refractivity contribution in [2.24, 2.45) is 0 Å². The summed E-state index contributed by atoms with van der Waals surface area (Å²) in [6.45, 7) is 0. The van der Waals surface area contributed by atoms with Crippen molar-refractivity contribution in [2.75, 3.05) is 6.16 Å². The van der Waals surface area contributed by atoms with Gasteiger partial charge in [-0.1, -0.05) is 38.3 Å². The number of hydrogen-bond acceptors (Lipinski definition) is 1. The maximum atomic E-state index is 11.0. The lowest BCUT2D eigenvalue weighted by atomic mass is 10.3. The molecule has 0 amide bonds. The van der Waals surface area contributed by atoms with E-state index in [1.807, 2.05) is 18.2 Å². The van der Waals surface area contributed by atoms with Crippen LogP contribution in [0.3, 0.4) is 0 Å². The van der Waals surface area contributed by atoms with Crippen molar-refractivity contribution in [3.8, 4) is 0 Å². The summed E-state index contributed by atoms with van der Waals surface area (Å²) in [5.74, 6) is -0.613. The summed E-state index contributed by atoms with van der Waals surface area (Å²) in [4.78, 5) is 11.0. The van der Waals surface area contributed by atoms with E-state index in [1.165, 1.54) is 5.30 Å². The maximum Gasteiger partial charge on any atom is 0.311 e. The molecule has 1 aromatic carbocycles. The second-order valence-corrected chi connectivity index (χ2v) is 6.05. The van der Waals surface area contributed by atoms with Gasteiger partial charge in [-0.05, 0) is 24.3 Å². The molecule has 0 aromatic heterocycles. The molecular formula is C11H13O2P. The molecule has 1 N–H and O–H groups in total. The molecule has 2 nitrogen and oxygen atoms in total. The van der Waals surface area contributed by atoms with Gasteiger partial charge in [0.05, 0.1) is 5.66 Å². The largest absolute Gasteiger partial charge is 0.481 e. The molecule has 2 unspecified atom stereocenters. The molecule has 0 saturated carbocycles. The van der Waals surface area contributed by atoms with Crippen LogP contribution >= 0.6 is 7.92 Å². The molecule has 1 saturated heterocycles. The van der Waals surface area contributed by atoms with Crippen molar-refractivity contribution in [3.05, 3.63) is 30.3 Å². The van der Waals surface area contributed by atoms with Crippen LogP contribution in [-0.4, -0.2) is 22.9 Å². The number of rotatable bonds is 2. The summed E-state index contributed by atoms with van der Waals surface area (Å²) in [5, 5.41) is 10.3. The Morgan fingerprint density at radius 3 is 2.71 bits per heavy atom. The van der Waals surface area contributed by atoms with Gasteiger partial charge in [-0.2, -0.15) is 0 Å². The van der Waals surface area contributed by atoms with Crippen molar-refractivity contribution in [1.82, 2.24) is 0 Å². The minimum absolute atomic E-state index is 0.104. The second-order valence-electron chi connectivity index (χ2n) is 3.53. The molecule has 3 heteroatoms. The Labute approximate surface area is 84.7 Å². The first-order valence-electron chi connectivity index (χ1n) is 4.83. The third-order valence-electron chi connectivity index (χ3n) is 2.63. The van der Waals surface area contributed by atoms with E-state index >= 15 is 0 Å². The molecule has 1 aromatic rings. The van der Waals surface area contributed by atoms with Crippen LogP contribution in [0.5, 0.6) is 0 Å². The topological polar surface area (TPSA) is 37.3 Å². The van der Waals surface area contributed by atoms with Crippen LogP contribution in [0.2, 0.25) is 0 Å². The minimum Gasteiger partial charge on any atom is -0.481 e. The second kappa shape index (κ2) is 4.10. The zero-order chi connectivity index (χ0) is 9.97. The molecule has 0 aliphatic carbocycles. The molecule has 1 aliphatic heterocycles. The van der Waals surface area contributed by atoms with Crippen molar-refractivity contribution < 1.29 is 9.90 Å². The standard InChI is InChI=1S/C11H13O2P/c12-11(13)10-7-4-8-14(10)9-5-2-1-3-6-9/h1-3,5-6,10H,4,7-8H2,(H,12,13). The number of carboxylic acids is 1. The SMILES string of the molecule is O=C(O)C1CCCP1c1ccccc1. The molecule has 14 heavy (non-hydrogen) atoms. The fourth-order valence-corrected chi connectivity index (χ4v) is 4.72. The first-order valence-corrected chi connectivity index (χ1v) is 6.43. The van der Waals surface area contributed by atoms with Crippen LogP contribution in [0.4, 0.5) is 0 Å². The minimum atomic E-state index is -0.613. The van der Waals surface area contributed by atoms with E-state index in [0.29, 0.717) is 0 Å². The lowest BCUT2D eigenvalue weighted by molar-refractivity contribution is -0.136. The molecule has 74 valence electrons. The highest BCUT2D eigenvalue weighted by molar-refractivity contribution is 7.67. The fraction of sp³-hybridized carbons (Fsp3) is 0.364. The molecule has 1 heterocycles. The summed E-state index contributed by atoms with van der Waals surface area (Å²) >= 11 is 0. The predicted molar refractivity (Wildman–Crippen MR) is 58.5 cm³/mol. The van der Waals surface area contributed by atoms with Crippen LogP contribution in [0, 0.1) is 0 Å². The Kier molecular flexibility index (Phi) is 2.83. The van der Waals surface area contributed by atoms with Crippen molar-refractivity contribution in [2.45, 2.75) is 18.5 Å². The highest BCUT2D eigenvalue weighted by atomic mass is 31.1. The Hall–Kier alpha value is -0.880. The predicted octanol–water partition coefficient (Wildman–Crippen LogP) is 2.04. The van der Waals surface area contributed by atoms with E-state index in [4.69, 9.17) is 5.11 Å². The molecule has 0 radical (unpaired) electrons. The van der Waals surface area contributed by atoms with Crippen molar-refractivity contribution in [1.29, 1.82) is 0 Å². The van der Waals surface area contributed by atoms with Gasteiger partial charge in [0.2, 0.25) is 0 Å². The third-order valence-corrected chi connectivity index (χ3v) is 5.62. The number of hydrogen-bond donors (Lipinski definition) is 1. The van der Waals surface area contributed by atoms with E-state index < -0.39 is 13.9 Å². The van der Waals surface area contributed by atoms with Crippen molar-refractivity contribution >= 4 is 19.2 Å². The van der Waals surface area contributed by atoms with Gasteiger partial charge in [0.25, 0.3) is 0 Å². The zero-order valence-corrected chi connectivity index (χ0v) is 8.78. The van der Waals surface area contributed by atoms with E-state index in [9.17, 15) is 4.79 Å². The molecule has 0 spiro atoms. The molecule has 2 rings (SSSR count).